The van der Waals surface area contributed by atoms with Gasteiger partial charge < -0.3 is 10.2 Å². The van der Waals surface area contributed by atoms with E-state index in [9.17, 15) is 15.0 Å². The largest absolute Gasteiger partial charge is 0.393 e. The van der Waals surface area contributed by atoms with Gasteiger partial charge in [0.2, 0.25) is 0 Å². The molecule has 0 heterocycles. The Morgan fingerprint density at radius 1 is 1.13 bits per heavy atom. The average molecular weight is 427 g/mol. The molecule has 3 saturated carbocycles. The van der Waals surface area contributed by atoms with E-state index in [4.69, 9.17) is 0 Å². The van der Waals surface area contributed by atoms with Gasteiger partial charge in [-0.2, -0.15) is 0 Å². The van der Waals surface area contributed by atoms with Crippen LogP contribution < -0.4 is 0 Å². The topological polar surface area (TPSA) is 57.5 Å². The summed E-state index contributed by atoms with van der Waals surface area (Å²) < 4.78 is 0. The van der Waals surface area contributed by atoms with E-state index >= 15 is 0 Å². The molecule has 0 aromatic rings. The summed E-state index contributed by atoms with van der Waals surface area (Å²) >= 11 is 0. The van der Waals surface area contributed by atoms with E-state index < -0.39 is 12.2 Å². The molecule has 0 aromatic carbocycles. The lowest BCUT2D eigenvalue weighted by Crippen LogP contribution is -2.36. The van der Waals surface area contributed by atoms with Crippen LogP contribution in [0.15, 0.2) is 47.1 Å². The van der Waals surface area contributed by atoms with Crippen molar-refractivity contribution in [2.24, 2.45) is 22.7 Å². The Hall–Kier alpha value is -1.45. The van der Waals surface area contributed by atoms with Crippen molar-refractivity contribution in [3.05, 3.63) is 47.1 Å². The second-order valence-electron chi connectivity index (χ2n) is 11.2. The predicted octanol–water partition coefficient (Wildman–Crippen LogP) is 6.08. The summed E-state index contributed by atoms with van der Waals surface area (Å²) in [5.74, 6) is 1.29. The van der Waals surface area contributed by atoms with Gasteiger partial charge in [0.25, 0.3) is 0 Å². The number of ketones is 1. The second kappa shape index (κ2) is 9.19. The maximum absolute atomic E-state index is 12.6. The van der Waals surface area contributed by atoms with Crippen LogP contribution in [0.4, 0.5) is 0 Å². The highest BCUT2D eigenvalue weighted by molar-refractivity contribution is 6.01. The Balaban J connectivity index is 1.73. The number of aliphatic hydroxyl groups is 2. The molecule has 3 heteroatoms. The molecule has 3 aliphatic carbocycles. The Kier molecular flexibility index (Phi) is 7.18. The van der Waals surface area contributed by atoms with Crippen LogP contribution in [0.2, 0.25) is 0 Å². The van der Waals surface area contributed by atoms with E-state index in [1.54, 1.807) is 0 Å². The van der Waals surface area contributed by atoms with Crippen LogP contribution >= 0.6 is 0 Å². The van der Waals surface area contributed by atoms with Gasteiger partial charge in [0.15, 0.2) is 5.78 Å². The Morgan fingerprint density at radius 3 is 2.48 bits per heavy atom. The predicted molar refractivity (Wildman–Crippen MR) is 128 cm³/mol. The number of aliphatic hydroxyl groups excluding tert-OH is 2. The minimum Gasteiger partial charge on any atom is -0.393 e. The van der Waals surface area contributed by atoms with Gasteiger partial charge in [0, 0.05) is 11.8 Å². The van der Waals surface area contributed by atoms with Crippen LogP contribution in [-0.4, -0.2) is 28.2 Å². The molecule has 0 aromatic heterocycles. The van der Waals surface area contributed by atoms with Crippen molar-refractivity contribution in [3.8, 4) is 0 Å². The molecule has 0 aliphatic heterocycles. The van der Waals surface area contributed by atoms with Gasteiger partial charge >= 0.3 is 0 Å². The third kappa shape index (κ3) is 4.98. The van der Waals surface area contributed by atoms with Crippen molar-refractivity contribution in [2.75, 3.05) is 0 Å². The van der Waals surface area contributed by atoms with Gasteiger partial charge in [-0.1, -0.05) is 65.0 Å². The molecule has 3 aliphatic rings. The quantitative estimate of drug-likeness (QED) is 0.536. The van der Waals surface area contributed by atoms with Gasteiger partial charge in [0.1, 0.15) is 0 Å². The first-order valence-electron chi connectivity index (χ1n) is 12.1. The van der Waals surface area contributed by atoms with E-state index in [-0.39, 0.29) is 10.8 Å². The molecule has 172 valence electrons. The molecule has 2 N–H and O–H groups in total. The van der Waals surface area contributed by atoms with Crippen molar-refractivity contribution >= 4 is 5.78 Å². The van der Waals surface area contributed by atoms with Crippen LogP contribution in [0.1, 0.15) is 86.0 Å². The summed E-state index contributed by atoms with van der Waals surface area (Å²) in [6.07, 6.45) is 12.7. The normalized spacial score (nSPS) is 38.9. The fraction of sp³-hybridized carbons (Fsp3) is 0.679. The first kappa shape index (κ1) is 24.2. The molecule has 3 nitrogen and oxygen atoms in total. The maximum Gasteiger partial charge on any atom is 0.164 e. The molecule has 0 amide bonds. The first-order valence-corrected chi connectivity index (χ1v) is 12.1. The standard InChI is InChI=1S/C28H42O3/c1-18(9-10-22-13-15-27(4,5)26(22)31)28(6)14-7-8-21(20(28)3)11-12-23-16-24(29)17-25(30)19(23)2/h10-12,18,20,24-25,29-30H,2,7-9,13-17H2,1,3-6H3/b21-11+,22-10+,23-12-. The highest BCUT2D eigenvalue weighted by Gasteiger charge is 2.41. The Morgan fingerprint density at radius 2 is 1.84 bits per heavy atom. The van der Waals surface area contributed by atoms with Crippen LogP contribution in [0.3, 0.4) is 0 Å². The number of allylic oxidation sites excluding steroid dienone is 5. The van der Waals surface area contributed by atoms with E-state index in [1.807, 2.05) is 0 Å². The lowest BCUT2D eigenvalue weighted by Gasteiger charge is -2.46. The van der Waals surface area contributed by atoms with E-state index in [0.717, 1.165) is 42.4 Å². The van der Waals surface area contributed by atoms with Crippen LogP contribution in [0, 0.1) is 22.7 Å². The van der Waals surface area contributed by atoms with Gasteiger partial charge in [0.05, 0.1) is 12.2 Å². The number of hydrogen-bond acceptors (Lipinski definition) is 3. The molecule has 0 spiro atoms. The van der Waals surface area contributed by atoms with Crippen LogP contribution in [-0.2, 0) is 4.79 Å². The van der Waals surface area contributed by atoms with Crippen LogP contribution in [0.25, 0.3) is 0 Å². The molecule has 3 fully saturated rings. The third-order valence-corrected chi connectivity index (χ3v) is 8.76. The lowest BCUT2D eigenvalue weighted by molar-refractivity contribution is -0.121. The molecular weight excluding hydrogens is 384 g/mol. The van der Waals surface area contributed by atoms with Crippen molar-refractivity contribution in [1.82, 2.24) is 0 Å². The van der Waals surface area contributed by atoms with Crippen molar-refractivity contribution in [1.29, 1.82) is 0 Å². The second-order valence-corrected chi connectivity index (χ2v) is 11.2. The molecule has 5 atom stereocenters. The first-order chi connectivity index (χ1) is 14.5. The van der Waals surface area contributed by atoms with Gasteiger partial charge in [-0.25, -0.2) is 0 Å². The third-order valence-electron chi connectivity index (χ3n) is 8.76. The SMILES string of the molecule is C=C1/C(=C\C=C2/CCCC(C)(C(C)C/C=C3\CCC(C)(C)C3=O)C2C)CC(O)CC1O. The molecule has 0 saturated heterocycles. The summed E-state index contributed by atoms with van der Waals surface area (Å²) in [7, 11) is 0. The number of hydrogen-bond donors (Lipinski definition) is 2. The minimum absolute atomic E-state index is 0.190. The van der Waals surface area contributed by atoms with E-state index in [0.29, 0.717) is 30.5 Å². The lowest BCUT2D eigenvalue weighted by atomic mass is 9.59. The van der Waals surface area contributed by atoms with Crippen molar-refractivity contribution in [2.45, 2.75) is 98.2 Å². The maximum atomic E-state index is 12.6. The van der Waals surface area contributed by atoms with E-state index in [1.165, 1.54) is 18.4 Å². The molecule has 0 radical (unpaired) electrons. The van der Waals surface area contributed by atoms with Crippen LogP contribution in [0.5, 0.6) is 0 Å². The fourth-order valence-electron chi connectivity index (χ4n) is 5.79. The zero-order chi connectivity index (χ0) is 23.0. The Bertz CT molecular complexity index is 812. The summed E-state index contributed by atoms with van der Waals surface area (Å²) in [5.41, 5.74) is 4.21. The smallest absolute Gasteiger partial charge is 0.164 e. The van der Waals surface area contributed by atoms with Crippen molar-refractivity contribution < 1.29 is 15.0 Å². The molecule has 3 rings (SSSR count). The number of carbonyl (C=O) groups excluding carboxylic acids is 1. The number of Topliss-reactive ketones (excluding diaryl/α,β-unsaturated/α-hetero) is 1. The van der Waals surface area contributed by atoms with Gasteiger partial charge in [-0.3, -0.25) is 4.79 Å². The molecule has 5 unspecified atom stereocenters. The van der Waals surface area contributed by atoms with Crippen molar-refractivity contribution in [3.63, 3.8) is 0 Å². The average Bonchev–Trinajstić information content (AvgIpc) is 2.97. The van der Waals surface area contributed by atoms with E-state index in [2.05, 4.69) is 59.4 Å². The zero-order valence-corrected chi connectivity index (χ0v) is 20.2. The Labute approximate surface area is 189 Å². The summed E-state index contributed by atoms with van der Waals surface area (Å²) in [6.45, 7) is 15.3. The summed E-state index contributed by atoms with van der Waals surface area (Å²) in [6, 6.07) is 0. The molecular formula is C28H42O3. The highest BCUT2D eigenvalue weighted by Crippen LogP contribution is 2.50. The summed E-state index contributed by atoms with van der Waals surface area (Å²) in [4.78, 5) is 12.6. The fourth-order valence-corrected chi connectivity index (χ4v) is 5.79. The molecule has 0 bridgehead atoms. The number of rotatable bonds is 4. The monoisotopic (exact) mass is 426 g/mol. The molecule has 31 heavy (non-hydrogen) atoms. The van der Waals surface area contributed by atoms with Gasteiger partial charge in [-0.15, -0.1) is 0 Å². The highest BCUT2D eigenvalue weighted by atomic mass is 16.3. The zero-order valence-electron chi connectivity index (χ0n) is 20.2. The minimum atomic E-state index is -0.640. The van der Waals surface area contributed by atoms with Gasteiger partial charge in [-0.05, 0) is 78.9 Å². The number of carbonyl (C=O) groups is 1. The summed E-state index contributed by atoms with van der Waals surface area (Å²) in [5, 5.41) is 20.1.